The van der Waals surface area contributed by atoms with Crippen molar-refractivity contribution in [3.8, 4) is 17.0 Å². The second-order valence-electron chi connectivity index (χ2n) is 5.68. The third-order valence-electron chi connectivity index (χ3n) is 4.12. The van der Waals surface area contributed by atoms with Crippen molar-refractivity contribution in [2.75, 3.05) is 18.0 Å². The summed E-state index contributed by atoms with van der Waals surface area (Å²) in [7, 11) is 0. The third kappa shape index (κ3) is 2.23. The Bertz CT molecular complexity index is 673. The predicted molar refractivity (Wildman–Crippen MR) is 81.2 cm³/mol. The van der Waals surface area contributed by atoms with Crippen LogP contribution in [0.3, 0.4) is 0 Å². The second-order valence-corrected chi connectivity index (χ2v) is 5.68. The summed E-state index contributed by atoms with van der Waals surface area (Å²) in [4.78, 5) is 11.5. The molecule has 1 aromatic carbocycles. The number of ether oxygens (including phenoxy) is 1. The van der Waals surface area contributed by atoms with Crippen LogP contribution in [0, 0.1) is 0 Å². The van der Waals surface area contributed by atoms with Crippen LogP contribution in [0.5, 0.6) is 5.75 Å². The summed E-state index contributed by atoms with van der Waals surface area (Å²) in [6.07, 6.45) is 4.06. The summed E-state index contributed by atoms with van der Waals surface area (Å²) < 4.78 is 5.74. The first-order chi connectivity index (χ1) is 10.3. The van der Waals surface area contributed by atoms with Crippen molar-refractivity contribution < 1.29 is 4.74 Å². The normalized spacial score (nSPS) is 20.4. The molecule has 3 heterocycles. The summed E-state index contributed by atoms with van der Waals surface area (Å²) in [5, 5.41) is 0. The Hall–Kier alpha value is -2.14. The van der Waals surface area contributed by atoms with Crippen LogP contribution in [-0.4, -0.2) is 29.1 Å². The molecule has 1 unspecified atom stereocenters. The van der Waals surface area contributed by atoms with Gasteiger partial charge in [-0.2, -0.15) is 0 Å². The van der Waals surface area contributed by atoms with E-state index in [1.807, 2.05) is 30.5 Å². The van der Waals surface area contributed by atoms with Crippen LogP contribution in [0.4, 0.5) is 5.95 Å². The highest BCUT2D eigenvalue weighted by molar-refractivity contribution is 5.72. The molecule has 2 N–H and O–H groups in total. The minimum absolute atomic E-state index is 0.217. The van der Waals surface area contributed by atoms with Crippen molar-refractivity contribution in [3.63, 3.8) is 0 Å². The van der Waals surface area contributed by atoms with Gasteiger partial charge in [-0.15, -0.1) is 0 Å². The van der Waals surface area contributed by atoms with Gasteiger partial charge in [0.2, 0.25) is 5.95 Å². The molecule has 0 saturated carbocycles. The molecular weight excluding hydrogens is 264 g/mol. The molecule has 1 saturated heterocycles. The minimum atomic E-state index is 0.217. The number of nitrogens with zero attached hydrogens (tertiary/aromatic N) is 3. The Labute approximate surface area is 123 Å². The van der Waals surface area contributed by atoms with E-state index < -0.39 is 0 Å². The lowest BCUT2D eigenvalue weighted by atomic mass is 10.0. The first-order valence-electron chi connectivity index (χ1n) is 7.40. The Morgan fingerprint density at radius 3 is 3.10 bits per heavy atom. The highest BCUT2D eigenvalue weighted by Gasteiger charge is 2.23. The standard InChI is InChI=1S/C16H18N4O/c17-12-4-3-7-20(9-12)16-18-8-11-10-21-14-6-2-1-5-13(14)15(11)19-16/h1-2,5-6,8,12H,3-4,7,9-10,17H2. The third-order valence-corrected chi connectivity index (χ3v) is 4.12. The van der Waals surface area contributed by atoms with Crippen LogP contribution in [0.15, 0.2) is 30.5 Å². The lowest BCUT2D eigenvalue weighted by molar-refractivity contribution is 0.301. The van der Waals surface area contributed by atoms with Crippen molar-refractivity contribution in [3.05, 3.63) is 36.0 Å². The number of hydrogen-bond donors (Lipinski definition) is 1. The maximum Gasteiger partial charge on any atom is 0.225 e. The van der Waals surface area contributed by atoms with E-state index in [1.165, 1.54) is 0 Å². The first-order valence-corrected chi connectivity index (χ1v) is 7.40. The maximum atomic E-state index is 6.06. The minimum Gasteiger partial charge on any atom is -0.488 e. The Balaban J connectivity index is 1.74. The molecule has 0 bridgehead atoms. The van der Waals surface area contributed by atoms with E-state index in [9.17, 15) is 0 Å². The fourth-order valence-corrected chi connectivity index (χ4v) is 3.02. The van der Waals surface area contributed by atoms with E-state index >= 15 is 0 Å². The number of fused-ring (bicyclic) bond motifs is 3. The monoisotopic (exact) mass is 282 g/mol. The number of para-hydroxylation sites is 1. The molecule has 2 aromatic rings. The molecule has 1 fully saturated rings. The van der Waals surface area contributed by atoms with E-state index in [1.54, 1.807) is 0 Å². The van der Waals surface area contributed by atoms with Crippen molar-refractivity contribution >= 4 is 5.95 Å². The molecule has 0 aliphatic carbocycles. The molecule has 21 heavy (non-hydrogen) atoms. The van der Waals surface area contributed by atoms with Crippen LogP contribution in [0.2, 0.25) is 0 Å². The zero-order valence-electron chi connectivity index (χ0n) is 11.8. The molecule has 0 spiro atoms. The maximum absolute atomic E-state index is 6.06. The van der Waals surface area contributed by atoms with Gasteiger partial charge in [-0.05, 0) is 25.0 Å². The van der Waals surface area contributed by atoms with Gasteiger partial charge in [0.1, 0.15) is 12.4 Å². The van der Waals surface area contributed by atoms with Gasteiger partial charge < -0.3 is 15.4 Å². The average molecular weight is 282 g/mol. The van der Waals surface area contributed by atoms with Crippen molar-refractivity contribution in [2.45, 2.75) is 25.5 Å². The zero-order valence-corrected chi connectivity index (χ0v) is 11.8. The smallest absolute Gasteiger partial charge is 0.225 e. The van der Waals surface area contributed by atoms with Crippen LogP contribution in [-0.2, 0) is 6.61 Å². The van der Waals surface area contributed by atoms with Crippen LogP contribution in [0.1, 0.15) is 18.4 Å². The molecule has 2 aliphatic rings. The molecular formula is C16H18N4O. The number of hydrogen-bond acceptors (Lipinski definition) is 5. The fourth-order valence-electron chi connectivity index (χ4n) is 3.02. The van der Waals surface area contributed by atoms with E-state index in [0.717, 1.165) is 54.4 Å². The van der Waals surface area contributed by atoms with Crippen LogP contribution >= 0.6 is 0 Å². The van der Waals surface area contributed by atoms with Crippen molar-refractivity contribution in [1.82, 2.24) is 9.97 Å². The van der Waals surface area contributed by atoms with Gasteiger partial charge in [0.25, 0.3) is 0 Å². The number of nitrogens with two attached hydrogens (primary N) is 1. The molecule has 108 valence electrons. The van der Waals surface area contributed by atoms with Gasteiger partial charge in [0, 0.05) is 36.5 Å². The lowest BCUT2D eigenvalue weighted by Crippen LogP contribution is -2.43. The SMILES string of the molecule is NC1CCCN(c2ncc3c(n2)-c2ccccc2OC3)C1. The molecule has 0 radical (unpaired) electrons. The van der Waals surface area contributed by atoms with Gasteiger partial charge >= 0.3 is 0 Å². The van der Waals surface area contributed by atoms with Crippen LogP contribution in [0.25, 0.3) is 11.3 Å². The highest BCUT2D eigenvalue weighted by atomic mass is 16.5. The van der Waals surface area contributed by atoms with Gasteiger partial charge in [0.05, 0.1) is 5.69 Å². The van der Waals surface area contributed by atoms with Gasteiger partial charge in [0.15, 0.2) is 0 Å². The predicted octanol–water partition coefficient (Wildman–Crippen LogP) is 1.96. The highest BCUT2D eigenvalue weighted by Crippen LogP contribution is 2.36. The van der Waals surface area contributed by atoms with Gasteiger partial charge in [-0.3, -0.25) is 0 Å². The number of anilines is 1. The van der Waals surface area contributed by atoms with Crippen molar-refractivity contribution in [1.29, 1.82) is 0 Å². The molecule has 1 atom stereocenters. The van der Waals surface area contributed by atoms with E-state index in [0.29, 0.717) is 6.61 Å². The quantitative estimate of drug-likeness (QED) is 0.866. The molecule has 5 nitrogen and oxygen atoms in total. The van der Waals surface area contributed by atoms with Gasteiger partial charge in [-0.25, -0.2) is 9.97 Å². The van der Waals surface area contributed by atoms with E-state index in [-0.39, 0.29) is 6.04 Å². The summed E-state index contributed by atoms with van der Waals surface area (Å²) in [6.45, 7) is 2.34. The summed E-state index contributed by atoms with van der Waals surface area (Å²) in [5.74, 6) is 1.67. The van der Waals surface area contributed by atoms with E-state index in [2.05, 4.69) is 9.88 Å². The van der Waals surface area contributed by atoms with Gasteiger partial charge in [-0.1, -0.05) is 12.1 Å². The van der Waals surface area contributed by atoms with Crippen LogP contribution < -0.4 is 15.4 Å². The Morgan fingerprint density at radius 1 is 1.29 bits per heavy atom. The largest absolute Gasteiger partial charge is 0.488 e. The summed E-state index contributed by atoms with van der Waals surface area (Å²) in [6, 6.07) is 8.24. The molecule has 5 heteroatoms. The van der Waals surface area contributed by atoms with E-state index in [4.69, 9.17) is 15.5 Å². The Kier molecular flexibility index (Phi) is 3.00. The first kappa shape index (κ1) is 12.6. The topological polar surface area (TPSA) is 64.3 Å². The van der Waals surface area contributed by atoms with Crippen molar-refractivity contribution in [2.24, 2.45) is 5.73 Å². The molecule has 4 rings (SSSR count). The summed E-state index contributed by atoms with van der Waals surface area (Å²) in [5.41, 5.74) is 9.13. The number of benzene rings is 1. The lowest BCUT2D eigenvalue weighted by Gasteiger charge is -2.31. The fraction of sp³-hybridized carbons (Fsp3) is 0.375. The molecule has 2 aliphatic heterocycles. The number of piperidine rings is 1. The summed E-state index contributed by atoms with van der Waals surface area (Å²) >= 11 is 0. The Morgan fingerprint density at radius 2 is 2.19 bits per heavy atom. The molecule has 0 amide bonds. The molecule has 1 aromatic heterocycles. The second kappa shape index (κ2) is 5.00. The zero-order chi connectivity index (χ0) is 14.2. The average Bonchev–Trinajstić information content (AvgIpc) is 2.54. The number of rotatable bonds is 1. The number of aromatic nitrogens is 2.